The number of rotatable bonds is 7. The Balaban J connectivity index is 0.000000147. The summed E-state index contributed by atoms with van der Waals surface area (Å²) < 4.78 is 35.4. The molecular formula is C74H109I3N12O18. The fraction of sp³-hybridized carbons (Fsp3) is 0.743. The number of hydrogen-bond acceptors (Lipinski definition) is 20. The first-order chi connectivity index (χ1) is 49.6. The Morgan fingerprint density at radius 2 is 0.794 bits per heavy atom. The summed E-state index contributed by atoms with van der Waals surface area (Å²) in [4.78, 5) is 145. The Kier molecular flexibility index (Phi) is 26.2. The predicted octanol–water partition coefficient (Wildman–Crippen LogP) is 13.1. The Morgan fingerprint density at radius 3 is 1.14 bits per heavy atom. The van der Waals surface area contributed by atoms with Gasteiger partial charge in [-0.25, -0.2) is 48.5 Å². The van der Waals surface area contributed by atoms with Crippen LogP contribution in [0.3, 0.4) is 0 Å². The molecule has 9 heterocycles. The number of carboxylic acids is 1. The van der Waals surface area contributed by atoms with Crippen LogP contribution in [-0.2, 0) is 47.6 Å². The number of piperidine rings is 6. The minimum atomic E-state index is -0.932. The van der Waals surface area contributed by atoms with Crippen molar-refractivity contribution < 1.29 is 86.6 Å². The number of amides is 6. The second-order valence-electron chi connectivity index (χ2n) is 35.6. The first-order valence-electron chi connectivity index (χ1n) is 37.0. The summed E-state index contributed by atoms with van der Waals surface area (Å²) in [5.74, 6) is 5.09. The largest absolute Gasteiger partial charge is 0.480 e. The molecule has 594 valence electrons. The number of carboxylic acid groups (broad SMARTS) is 1. The van der Waals surface area contributed by atoms with E-state index in [9.17, 15) is 43.5 Å². The van der Waals surface area contributed by atoms with E-state index in [1.54, 1.807) is 49.2 Å². The maximum absolute atomic E-state index is 12.4. The zero-order valence-corrected chi connectivity index (χ0v) is 71.1. The van der Waals surface area contributed by atoms with Crippen molar-refractivity contribution in [1.29, 1.82) is 0 Å². The van der Waals surface area contributed by atoms with Gasteiger partial charge in [-0.15, -0.1) is 0 Å². The number of aliphatic hydroxyl groups is 1. The zero-order chi connectivity index (χ0) is 79.3. The van der Waals surface area contributed by atoms with Crippen LogP contribution < -0.4 is 0 Å². The highest BCUT2D eigenvalue weighted by atomic mass is 127. The van der Waals surface area contributed by atoms with Crippen molar-refractivity contribution >= 4 is 129 Å². The number of aliphatic hydroxyl groups excluding tert-OH is 1. The van der Waals surface area contributed by atoms with Crippen LogP contribution in [0, 0.1) is 46.6 Å². The Labute approximate surface area is 667 Å². The van der Waals surface area contributed by atoms with Crippen molar-refractivity contribution in [3.05, 3.63) is 47.2 Å². The van der Waals surface area contributed by atoms with Crippen molar-refractivity contribution in [3.63, 3.8) is 0 Å². The third kappa shape index (κ3) is 22.8. The lowest BCUT2D eigenvalue weighted by atomic mass is 10.1. The molecule has 0 radical (unpaired) electrons. The van der Waals surface area contributed by atoms with Crippen LogP contribution in [0.15, 0.2) is 18.6 Å². The van der Waals surface area contributed by atoms with Crippen LogP contribution in [0.5, 0.6) is 0 Å². The normalized spacial score (nSPS) is 30.0. The molecule has 0 aromatic carbocycles. The molecule has 30 nitrogen and oxygen atoms in total. The van der Waals surface area contributed by atoms with E-state index in [2.05, 4.69) is 97.7 Å². The van der Waals surface area contributed by atoms with E-state index in [0.29, 0.717) is 66.1 Å². The number of nitrogens with zero attached hydrogens (tertiary/aromatic N) is 9. The monoisotopic (exact) mass is 1830 g/mol. The van der Waals surface area contributed by atoms with Gasteiger partial charge in [0.1, 0.15) is 70.8 Å². The highest BCUT2D eigenvalue weighted by molar-refractivity contribution is 14.1. The van der Waals surface area contributed by atoms with E-state index < -0.39 is 51.7 Å². The van der Waals surface area contributed by atoms with Gasteiger partial charge in [0.15, 0.2) is 12.6 Å². The van der Waals surface area contributed by atoms with E-state index in [1.165, 1.54) is 4.90 Å². The van der Waals surface area contributed by atoms with Crippen molar-refractivity contribution in [1.82, 2.24) is 59.3 Å². The number of carbonyl (C=O) groups is 10. The van der Waals surface area contributed by atoms with Gasteiger partial charge < -0.3 is 58.4 Å². The number of aromatic amines is 3. The lowest BCUT2D eigenvalue weighted by Crippen LogP contribution is -2.45. The van der Waals surface area contributed by atoms with E-state index in [1.807, 2.05) is 119 Å². The summed E-state index contributed by atoms with van der Waals surface area (Å²) in [5.41, 5.74) is -2.88. The quantitative estimate of drug-likeness (QED) is 0.0635. The summed E-state index contributed by atoms with van der Waals surface area (Å²) >= 11 is 6.64. The molecule has 3 unspecified atom stereocenters. The standard InChI is InChI=1S/C13H17I2N3O2.C13H18IN3O2.C13H19N3O2.C11H17NO4.C11H19NO3.C11H17NO3.C2H2O2/c1-13(2,3)20-12(19)18-7-4-6(7)5-8(18)11-16-9(14)10(15)17-11;1-13(2,3)19-12(18)17-8-4-7(8)5-9(17)11-15-6-10(14)16-11;1-13(2,3)18-12(17)16-9-6-8(9)7-10(16)11-14-4-5-15-11;1-11(2,3)16-10(15)12-7-4-6(7)5-8(12)9(13)14;2*1-11(2,3)15-10(14)12-8(6-13)4-7-5-9(7)12;3-1-2-4/h6-8H,4-5H2,1-3H3,(H,16,17);6-9H,4-5H2,1-3H3,(H,15,16);4-5,8-10H,6-7H2,1-3H3,(H,14,15);6-8H,4-5H2,1-3H3,(H,13,14);7-9,13H,4-6H2,1-3H3;6-9H,4-5H2,1-3H3;1-2H/t6-,7-,8?;7-,8-,9?;8-,9-,10?;6-,7-,8+;2*7-,8-,9+;/m111100./s1. The summed E-state index contributed by atoms with van der Waals surface area (Å²) in [7, 11) is 0. The number of aliphatic carboxylic acids is 1. The first kappa shape index (κ1) is 84.9. The summed E-state index contributed by atoms with van der Waals surface area (Å²) in [5, 5.41) is 18.2. The first-order valence-corrected chi connectivity index (χ1v) is 40.2. The number of imidazole rings is 3. The van der Waals surface area contributed by atoms with Crippen molar-refractivity contribution in [2.75, 3.05) is 6.61 Å². The summed E-state index contributed by atoms with van der Waals surface area (Å²) in [6.45, 7) is 33.6. The molecule has 3 aromatic rings. The maximum Gasteiger partial charge on any atom is 0.411 e. The second kappa shape index (κ2) is 33.1. The number of aromatic nitrogens is 6. The molecule has 6 aliphatic carbocycles. The molecule has 6 saturated carbocycles. The van der Waals surface area contributed by atoms with Crippen LogP contribution in [-0.4, -0.2) is 225 Å². The molecule has 6 amide bonds. The third-order valence-electron chi connectivity index (χ3n) is 19.8. The molecule has 0 spiro atoms. The van der Waals surface area contributed by atoms with E-state index in [4.69, 9.17) is 43.1 Å². The zero-order valence-electron chi connectivity index (χ0n) is 64.6. The molecule has 3 aromatic heterocycles. The van der Waals surface area contributed by atoms with Gasteiger partial charge in [0, 0.05) is 48.6 Å². The van der Waals surface area contributed by atoms with Crippen molar-refractivity contribution in [3.8, 4) is 0 Å². The molecule has 107 heavy (non-hydrogen) atoms. The number of aldehydes is 3. The number of H-pyrrole nitrogens is 3. The average molecular weight is 1840 g/mol. The van der Waals surface area contributed by atoms with Crippen LogP contribution in [0.25, 0.3) is 0 Å². The number of nitrogens with one attached hydrogen (secondary N) is 3. The SMILES string of the molecule is CC(C)(C)OC(=O)N1C(c2nc(I)c(I)[nH]2)C[C@H]2C[C@H]21.CC(C)(C)OC(=O)N1C(c2ncc(I)[nH]2)C[C@H]2C[C@H]21.CC(C)(C)OC(=O)N1C(c2ncc[nH]2)C[C@H]2C[C@H]21.CC(C)(C)OC(=O)N1[C@@H]2C[C@@H]2C[C@H]1C(=O)O.CC(C)(C)OC(=O)N1[C@H](C=O)C[C@H]2C[C@H]21.CC(C)(C)OC(=O)N1[C@H](CO)C[C@H]2C[C@H]21.O=CC=O. The van der Waals surface area contributed by atoms with Crippen LogP contribution in [0.4, 0.5) is 28.8 Å². The fourth-order valence-corrected chi connectivity index (χ4v) is 16.3. The summed E-state index contributed by atoms with van der Waals surface area (Å²) in [6, 6.07) is 0.882. The second-order valence-corrected chi connectivity index (χ2v) is 38.9. The number of hydrogen-bond donors (Lipinski definition) is 5. The Bertz CT molecular complexity index is 3680. The van der Waals surface area contributed by atoms with Gasteiger partial charge in [-0.1, -0.05) is 0 Å². The lowest BCUT2D eigenvalue weighted by molar-refractivity contribution is -0.142. The molecule has 5 N–H and O–H groups in total. The highest BCUT2D eigenvalue weighted by Crippen LogP contribution is 2.57. The van der Waals surface area contributed by atoms with Crippen LogP contribution in [0.2, 0.25) is 0 Å². The molecule has 6 aliphatic heterocycles. The molecule has 18 atom stereocenters. The van der Waals surface area contributed by atoms with Gasteiger partial charge >= 0.3 is 42.5 Å². The number of ether oxygens (including phenoxy) is 6. The average Bonchev–Trinajstić information content (AvgIpc) is 1.61. The number of fused-ring (bicyclic) bond motifs is 6. The minimum Gasteiger partial charge on any atom is -0.480 e. The third-order valence-corrected chi connectivity index (χ3v) is 22.9. The topological polar surface area (TPSA) is 372 Å². The van der Waals surface area contributed by atoms with E-state index in [0.717, 1.165) is 105 Å². The smallest absolute Gasteiger partial charge is 0.411 e. The van der Waals surface area contributed by atoms with Crippen molar-refractivity contribution in [2.45, 2.75) is 308 Å². The van der Waals surface area contributed by atoms with Gasteiger partial charge in [-0.3, -0.25) is 39.0 Å². The molecule has 12 fully saturated rings. The number of halogens is 3. The lowest BCUT2D eigenvalue weighted by Gasteiger charge is -2.29. The van der Waals surface area contributed by atoms with Crippen LogP contribution in [0.1, 0.15) is 237 Å². The Hall–Kier alpha value is -6.12. The number of carbonyl (C=O) groups excluding carboxylic acids is 9. The van der Waals surface area contributed by atoms with E-state index in [-0.39, 0.29) is 91.9 Å². The fourth-order valence-electron chi connectivity index (χ4n) is 15.1. The molecular weight excluding hydrogens is 1730 g/mol. The Morgan fingerprint density at radius 1 is 0.449 bits per heavy atom. The van der Waals surface area contributed by atoms with Gasteiger partial charge in [0.2, 0.25) is 0 Å². The van der Waals surface area contributed by atoms with Gasteiger partial charge in [0.25, 0.3) is 0 Å². The molecule has 6 saturated heterocycles. The van der Waals surface area contributed by atoms with E-state index >= 15 is 0 Å². The molecule has 33 heteroatoms. The summed E-state index contributed by atoms with van der Waals surface area (Å²) in [6.07, 6.45) is 16.5. The van der Waals surface area contributed by atoms with Gasteiger partial charge in [0.05, 0.1) is 46.7 Å². The molecule has 15 rings (SSSR count). The predicted molar refractivity (Wildman–Crippen MR) is 414 cm³/mol. The van der Waals surface area contributed by atoms with Gasteiger partial charge in [-0.2, -0.15) is 0 Å². The van der Waals surface area contributed by atoms with Crippen LogP contribution >= 0.6 is 67.8 Å². The minimum absolute atomic E-state index is 0.0244. The van der Waals surface area contributed by atoms with Crippen molar-refractivity contribution in [2.24, 2.45) is 35.5 Å². The maximum atomic E-state index is 12.4. The highest BCUT2D eigenvalue weighted by Gasteiger charge is 2.61. The molecule has 0 bridgehead atoms. The molecule has 12 aliphatic rings. The number of likely N-dealkylation sites (tertiary alicyclic amines) is 6. The van der Waals surface area contributed by atoms with Gasteiger partial charge in [-0.05, 0) is 305 Å².